The molecule has 0 aliphatic carbocycles. The average molecular weight is 425 g/mol. The van der Waals surface area contributed by atoms with Crippen molar-refractivity contribution in [3.8, 4) is 21.9 Å². The molecule has 2 amide bonds. The molecule has 0 aliphatic rings. The molecule has 0 atom stereocenters. The van der Waals surface area contributed by atoms with E-state index in [-0.39, 0.29) is 18.4 Å². The minimum Gasteiger partial charge on any atom is -0.492 e. The fraction of sp³-hybridized carbons (Fsp3) is 0.217. The third-order valence-electron chi connectivity index (χ3n) is 4.10. The van der Waals surface area contributed by atoms with Gasteiger partial charge in [0.05, 0.1) is 6.61 Å². The Morgan fingerprint density at radius 3 is 2.50 bits per heavy atom. The zero-order valence-corrected chi connectivity index (χ0v) is 17.8. The molecule has 3 rings (SSSR count). The van der Waals surface area contributed by atoms with Gasteiger partial charge in [-0.25, -0.2) is 0 Å². The van der Waals surface area contributed by atoms with Crippen LogP contribution in [0.25, 0.3) is 10.4 Å². The standard InChI is InChI=1S/C23H24N2O4S/c1-3-24-21(26)15-29-18-12-8-11-17(13-18)25-23(27)22-19(28-4-2)14-20(30-22)16-9-6-5-7-10-16/h5-14H,3-4,15H2,1-2H3,(H,24,26)(H,25,27). The highest BCUT2D eigenvalue weighted by atomic mass is 32.1. The lowest BCUT2D eigenvalue weighted by Gasteiger charge is -2.09. The van der Waals surface area contributed by atoms with Crippen LogP contribution >= 0.6 is 11.3 Å². The molecule has 7 heteroatoms. The van der Waals surface area contributed by atoms with Gasteiger partial charge in [-0.05, 0) is 37.6 Å². The summed E-state index contributed by atoms with van der Waals surface area (Å²) in [5, 5.41) is 5.56. The van der Waals surface area contributed by atoms with Crippen LogP contribution < -0.4 is 20.1 Å². The largest absolute Gasteiger partial charge is 0.492 e. The fourth-order valence-electron chi connectivity index (χ4n) is 2.79. The van der Waals surface area contributed by atoms with Crippen molar-refractivity contribution >= 4 is 28.8 Å². The molecule has 0 unspecified atom stereocenters. The van der Waals surface area contributed by atoms with Crippen LogP contribution in [0.3, 0.4) is 0 Å². The second kappa shape index (κ2) is 10.5. The van der Waals surface area contributed by atoms with Gasteiger partial charge in [0.2, 0.25) is 0 Å². The Bertz CT molecular complexity index is 1000. The summed E-state index contributed by atoms with van der Waals surface area (Å²) in [4.78, 5) is 26.0. The number of likely N-dealkylation sites (N-methyl/N-ethyl adjacent to an activating group) is 1. The lowest BCUT2D eigenvalue weighted by Crippen LogP contribution is -2.28. The number of hydrogen-bond acceptors (Lipinski definition) is 5. The number of nitrogens with one attached hydrogen (secondary N) is 2. The Hall–Kier alpha value is -3.32. The molecule has 0 saturated heterocycles. The smallest absolute Gasteiger partial charge is 0.269 e. The summed E-state index contributed by atoms with van der Waals surface area (Å²) in [6.07, 6.45) is 0. The van der Waals surface area contributed by atoms with E-state index in [0.29, 0.717) is 35.2 Å². The van der Waals surface area contributed by atoms with Crippen molar-refractivity contribution in [3.63, 3.8) is 0 Å². The fourth-order valence-corrected chi connectivity index (χ4v) is 3.79. The van der Waals surface area contributed by atoms with Gasteiger partial charge in [0.15, 0.2) is 6.61 Å². The Morgan fingerprint density at radius 2 is 1.77 bits per heavy atom. The molecule has 6 nitrogen and oxygen atoms in total. The van der Waals surface area contributed by atoms with E-state index in [2.05, 4.69) is 10.6 Å². The predicted octanol–water partition coefficient (Wildman–Crippen LogP) is 4.58. The molecule has 0 fully saturated rings. The molecule has 0 aliphatic heterocycles. The number of carbonyl (C=O) groups excluding carboxylic acids is 2. The van der Waals surface area contributed by atoms with Crippen molar-refractivity contribution in [1.29, 1.82) is 0 Å². The van der Waals surface area contributed by atoms with Gasteiger partial charge in [0.25, 0.3) is 11.8 Å². The van der Waals surface area contributed by atoms with E-state index in [4.69, 9.17) is 9.47 Å². The van der Waals surface area contributed by atoms with Gasteiger partial charge in [-0.3, -0.25) is 9.59 Å². The number of hydrogen-bond donors (Lipinski definition) is 2. The molecule has 2 aromatic carbocycles. The molecule has 0 spiro atoms. The average Bonchev–Trinajstić information content (AvgIpc) is 3.18. The van der Waals surface area contributed by atoms with Crippen molar-refractivity contribution in [2.24, 2.45) is 0 Å². The third kappa shape index (κ3) is 5.61. The van der Waals surface area contributed by atoms with Gasteiger partial charge < -0.3 is 20.1 Å². The molecule has 0 radical (unpaired) electrons. The topological polar surface area (TPSA) is 76.7 Å². The minimum atomic E-state index is -0.258. The van der Waals surface area contributed by atoms with Crippen molar-refractivity contribution in [2.45, 2.75) is 13.8 Å². The second-order valence-corrected chi connectivity index (χ2v) is 7.38. The summed E-state index contributed by atoms with van der Waals surface area (Å²) < 4.78 is 11.2. The minimum absolute atomic E-state index is 0.0783. The lowest BCUT2D eigenvalue weighted by atomic mass is 10.2. The highest BCUT2D eigenvalue weighted by Crippen LogP contribution is 2.37. The number of carbonyl (C=O) groups is 2. The first-order valence-corrected chi connectivity index (χ1v) is 10.5. The Kier molecular flexibility index (Phi) is 7.45. The van der Waals surface area contributed by atoms with Crippen LogP contribution in [-0.4, -0.2) is 31.6 Å². The quantitative estimate of drug-likeness (QED) is 0.527. The van der Waals surface area contributed by atoms with E-state index in [0.717, 1.165) is 10.4 Å². The number of ether oxygens (including phenoxy) is 2. The summed E-state index contributed by atoms with van der Waals surface area (Å²) in [5.74, 6) is 0.606. The van der Waals surface area contributed by atoms with Crippen LogP contribution in [0.1, 0.15) is 23.5 Å². The van der Waals surface area contributed by atoms with Gasteiger partial charge in [0, 0.05) is 23.2 Å². The molecule has 3 aromatic rings. The van der Waals surface area contributed by atoms with Gasteiger partial charge in [-0.2, -0.15) is 0 Å². The first-order valence-electron chi connectivity index (χ1n) is 9.73. The molecule has 0 saturated carbocycles. The van der Waals surface area contributed by atoms with E-state index >= 15 is 0 Å². The van der Waals surface area contributed by atoms with Crippen molar-refractivity contribution in [3.05, 3.63) is 65.5 Å². The zero-order valence-electron chi connectivity index (χ0n) is 16.9. The number of thiophene rings is 1. The molecule has 156 valence electrons. The summed E-state index contributed by atoms with van der Waals surface area (Å²) in [6.45, 7) is 4.67. The summed E-state index contributed by atoms with van der Waals surface area (Å²) >= 11 is 1.38. The first-order chi connectivity index (χ1) is 14.6. The lowest BCUT2D eigenvalue weighted by molar-refractivity contribution is -0.122. The monoisotopic (exact) mass is 424 g/mol. The maximum atomic E-state index is 12.9. The molecule has 2 N–H and O–H groups in total. The van der Waals surface area contributed by atoms with E-state index < -0.39 is 0 Å². The normalized spacial score (nSPS) is 10.3. The van der Waals surface area contributed by atoms with E-state index in [1.54, 1.807) is 24.3 Å². The van der Waals surface area contributed by atoms with Gasteiger partial charge in [0.1, 0.15) is 16.4 Å². The number of anilines is 1. The molecule has 1 heterocycles. The molecular weight excluding hydrogens is 400 g/mol. The summed E-state index contributed by atoms with van der Waals surface area (Å²) in [6, 6.07) is 18.7. The van der Waals surface area contributed by atoms with Crippen LogP contribution in [0.5, 0.6) is 11.5 Å². The van der Waals surface area contributed by atoms with Crippen molar-refractivity contribution in [1.82, 2.24) is 5.32 Å². The second-order valence-electron chi connectivity index (χ2n) is 6.33. The maximum Gasteiger partial charge on any atom is 0.269 e. The van der Waals surface area contributed by atoms with Gasteiger partial charge >= 0.3 is 0 Å². The SMILES string of the molecule is CCNC(=O)COc1cccc(NC(=O)c2sc(-c3ccccc3)cc2OCC)c1. The molecule has 30 heavy (non-hydrogen) atoms. The van der Waals surface area contributed by atoms with Crippen LogP contribution in [0.4, 0.5) is 5.69 Å². The molecule has 1 aromatic heterocycles. The molecular formula is C23H24N2O4S. The van der Waals surface area contributed by atoms with Crippen molar-refractivity contribution in [2.75, 3.05) is 25.1 Å². The van der Waals surface area contributed by atoms with Crippen LogP contribution in [-0.2, 0) is 4.79 Å². The Morgan fingerprint density at radius 1 is 0.967 bits per heavy atom. The van der Waals surface area contributed by atoms with Gasteiger partial charge in [-0.1, -0.05) is 36.4 Å². The highest BCUT2D eigenvalue weighted by Gasteiger charge is 2.19. The third-order valence-corrected chi connectivity index (χ3v) is 5.26. The number of benzene rings is 2. The van der Waals surface area contributed by atoms with Crippen LogP contribution in [0.2, 0.25) is 0 Å². The summed E-state index contributed by atoms with van der Waals surface area (Å²) in [5.41, 5.74) is 1.61. The van der Waals surface area contributed by atoms with E-state index in [1.807, 2.05) is 50.2 Å². The predicted molar refractivity (Wildman–Crippen MR) is 119 cm³/mol. The Labute approximate surface area is 179 Å². The van der Waals surface area contributed by atoms with E-state index in [9.17, 15) is 9.59 Å². The summed E-state index contributed by atoms with van der Waals surface area (Å²) in [7, 11) is 0. The van der Waals surface area contributed by atoms with Crippen LogP contribution in [0, 0.1) is 0 Å². The van der Waals surface area contributed by atoms with E-state index in [1.165, 1.54) is 11.3 Å². The maximum absolute atomic E-state index is 12.9. The van der Waals surface area contributed by atoms with Crippen LogP contribution in [0.15, 0.2) is 60.7 Å². The van der Waals surface area contributed by atoms with Gasteiger partial charge in [-0.15, -0.1) is 11.3 Å². The number of rotatable bonds is 9. The van der Waals surface area contributed by atoms with Crippen molar-refractivity contribution < 1.29 is 19.1 Å². The Balaban J connectivity index is 1.75. The molecule has 0 bridgehead atoms. The highest BCUT2D eigenvalue weighted by molar-refractivity contribution is 7.17. The first kappa shape index (κ1) is 21.4. The number of amides is 2. The zero-order chi connectivity index (χ0) is 21.3.